The van der Waals surface area contributed by atoms with Gasteiger partial charge in [0.15, 0.2) is 0 Å². The molecule has 2 heteroatoms. The molecule has 0 aliphatic heterocycles. The molecule has 0 unspecified atom stereocenters. The Labute approximate surface area is 111 Å². The molecule has 0 spiro atoms. The van der Waals surface area contributed by atoms with E-state index in [0.29, 0.717) is 11.4 Å². The molecule has 4 rings (SSSR count). The predicted molar refractivity (Wildman–Crippen MR) is 74.9 cm³/mol. The molecular weight excluding hydrogens is 237 g/mol. The van der Waals surface area contributed by atoms with Crippen LogP contribution < -0.4 is 0 Å². The Bertz CT molecular complexity index is 757. The smallest absolute Gasteiger partial charge is 0.147 e. The van der Waals surface area contributed by atoms with Gasteiger partial charge in [-0.15, -0.1) is 0 Å². The zero-order valence-corrected chi connectivity index (χ0v) is 10.5. The number of fused-ring (bicyclic) bond motifs is 2. The number of H-pyrrole nitrogens is 1. The molecule has 1 nitrogen and oxygen atoms in total. The van der Waals surface area contributed by atoms with E-state index in [9.17, 15) is 4.39 Å². The summed E-state index contributed by atoms with van der Waals surface area (Å²) in [6.45, 7) is 0. The molecule has 1 heterocycles. The van der Waals surface area contributed by atoms with Crippen molar-refractivity contribution < 1.29 is 4.39 Å². The quantitative estimate of drug-likeness (QED) is 0.660. The fraction of sp³-hybridized carbons (Fsp3) is 0.176. The summed E-state index contributed by atoms with van der Waals surface area (Å²) in [5.41, 5.74) is 4.67. The van der Waals surface area contributed by atoms with Gasteiger partial charge in [-0.3, -0.25) is 0 Å². The number of rotatable bonds is 1. The van der Waals surface area contributed by atoms with Gasteiger partial charge in [-0.2, -0.15) is 0 Å². The van der Waals surface area contributed by atoms with E-state index < -0.39 is 0 Å². The Morgan fingerprint density at radius 3 is 2.84 bits per heavy atom. The molecule has 0 saturated carbocycles. The third-order valence-electron chi connectivity index (χ3n) is 4.20. The van der Waals surface area contributed by atoms with Crippen LogP contribution in [0.4, 0.5) is 4.39 Å². The Balaban J connectivity index is 1.91. The molecule has 19 heavy (non-hydrogen) atoms. The van der Waals surface area contributed by atoms with Gasteiger partial charge < -0.3 is 4.98 Å². The monoisotopic (exact) mass is 251 g/mol. The molecule has 1 N–H and O–H groups in total. The highest BCUT2D eigenvalue weighted by Crippen LogP contribution is 2.40. The summed E-state index contributed by atoms with van der Waals surface area (Å²) >= 11 is 0. The molecule has 94 valence electrons. The number of aromatic amines is 1. The van der Waals surface area contributed by atoms with Crippen molar-refractivity contribution in [2.24, 2.45) is 0 Å². The first-order valence-corrected chi connectivity index (χ1v) is 6.68. The van der Waals surface area contributed by atoms with Crippen LogP contribution in [0.5, 0.6) is 0 Å². The van der Waals surface area contributed by atoms with Crippen LogP contribution in [0.3, 0.4) is 0 Å². The predicted octanol–water partition coefficient (Wildman–Crippen LogP) is 4.39. The third kappa shape index (κ3) is 1.53. The van der Waals surface area contributed by atoms with Gasteiger partial charge in [-0.05, 0) is 35.6 Å². The van der Waals surface area contributed by atoms with E-state index in [-0.39, 0.29) is 5.82 Å². The molecule has 1 aromatic heterocycles. The summed E-state index contributed by atoms with van der Waals surface area (Å²) in [6.07, 6.45) is 4.20. The largest absolute Gasteiger partial charge is 0.358 e. The average molecular weight is 251 g/mol. The maximum absolute atomic E-state index is 13.8. The number of hydrogen-bond acceptors (Lipinski definition) is 0. The lowest BCUT2D eigenvalue weighted by molar-refractivity contribution is 0.637. The van der Waals surface area contributed by atoms with Gasteiger partial charge in [0.1, 0.15) is 5.82 Å². The summed E-state index contributed by atoms with van der Waals surface area (Å²) in [5, 5.41) is 1.02. The second-order valence-corrected chi connectivity index (χ2v) is 5.20. The molecule has 0 bridgehead atoms. The van der Waals surface area contributed by atoms with Crippen molar-refractivity contribution in [2.45, 2.75) is 18.8 Å². The summed E-state index contributed by atoms with van der Waals surface area (Å²) < 4.78 is 13.8. The summed E-state index contributed by atoms with van der Waals surface area (Å²) in [4.78, 5) is 3.09. The number of para-hydroxylation sites is 1. The maximum Gasteiger partial charge on any atom is 0.147 e. The van der Waals surface area contributed by atoms with Crippen LogP contribution >= 0.6 is 0 Å². The van der Waals surface area contributed by atoms with Gasteiger partial charge in [-0.1, -0.05) is 36.4 Å². The number of hydrogen-bond donors (Lipinski definition) is 1. The van der Waals surface area contributed by atoms with Crippen LogP contribution in [0.1, 0.15) is 29.0 Å². The zero-order valence-electron chi connectivity index (χ0n) is 10.5. The van der Waals surface area contributed by atoms with E-state index in [4.69, 9.17) is 0 Å². The fourth-order valence-corrected chi connectivity index (χ4v) is 3.31. The molecule has 3 aromatic rings. The van der Waals surface area contributed by atoms with E-state index >= 15 is 0 Å². The standard InChI is InChI=1S/C17H14FN/c18-16-7-3-6-14-15(10-19-17(14)16)13-9-8-11-4-1-2-5-12(11)13/h1-7,10,13,19H,8-9H2/t13-/m0/s1. The van der Waals surface area contributed by atoms with E-state index in [1.54, 1.807) is 6.07 Å². The van der Waals surface area contributed by atoms with Gasteiger partial charge in [0.2, 0.25) is 0 Å². The molecule has 1 aliphatic rings. The molecule has 2 aromatic carbocycles. The van der Waals surface area contributed by atoms with Gasteiger partial charge in [0, 0.05) is 17.5 Å². The zero-order chi connectivity index (χ0) is 12.8. The first-order chi connectivity index (χ1) is 9.34. The van der Waals surface area contributed by atoms with E-state index in [2.05, 4.69) is 29.2 Å². The number of halogens is 1. The number of benzene rings is 2. The Kier molecular flexibility index (Phi) is 2.25. The van der Waals surface area contributed by atoms with E-state index in [1.807, 2.05) is 12.3 Å². The summed E-state index contributed by atoms with van der Waals surface area (Å²) in [6, 6.07) is 13.9. The lowest BCUT2D eigenvalue weighted by atomic mass is 9.93. The van der Waals surface area contributed by atoms with Gasteiger partial charge in [0.25, 0.3) is 0 Å². The van der Waals surface area contributed by atoms with E-state index in [0.717, 1.165) is 18.2 Å². The number of aromatic nitrogens is 1. The van der Waals surface area contributed by atoms with Crippen LogP contribution in [0.2, 0.25) is 0 Å². The van der Waals surface area contributed by atoms with Crippen molar-refractivity contribution in [1.82, 2.24) is 4.98 Å². The SMILES string of the molecule is Fc1cccc2c([C@H]3CCc4ccccc43)c[nH]c12. The molecule has 1 atom stereocenters. The Morgan fingerprint density at radius 2 is 1.89 bits per heavy atom. The molecule has 1 aliphatic carbocycles. The topological polar surface area (TPSA) is 15.8 Å². The molecule has 0 amide bonds. The lowest BCUT2D eigenvalue weighted by Crippen LogP contribution is -1.94. The lowest BCUT2D eigenvalue weighted by Gasteiger charge is -2.10. The maximum atomic E-state index is 13.8. The molecular formula is C17H14FN. The highest BCUT2D eigenvalue weighted by Gasteiger charge is 2.25. The minimum atomic E-state index is -0.171. The Morgan fingerprint density at radius 1 is 1.00 bits per heavy atom. The van der Waals surface area contributed by atoms with Crippen molar-refractivity contribution in [3.05, 3.63) is 71.2 Å². The second-order valence-electron chi connectivity index (χ2n) is 5.20. The van der Waals surface area contributed by atoms with E-state index in [1.165, 1.54) is 22.8 Å². The fourth-order valence-electron chi connectivity index (χ4n) is 3.31. The normalized spacial score (nSPS) is 17.8. The summed E-state index contributed by atoms with van der Waals surface area (Å²) in [5.74, 6) is 0.224. The minimum Gasteiger partial charge on any atom is -0.358 e. The van der Waals surface area contributed by atoms with Gasteiger partial charge in [-0.25, -0.2) is 4.39 Å². The van der Waals surface area contributed by atoms with Crippen LogP contribution in [0, 0.1) is 5.82 Å². The van der Waals surface area contributed by atoms with Crippen LogP contribution in [-0.4, -0.2) is 4.98 Å². The van der Waals surface area contributed by atoms with Crippen molar-refractivity contribution in [2.75, 3.05) is 0 Å². The van der Waals surface area contributed by atoms with Gasteiger partial charge >= 0.3 is 0 Å². The van der Waals surface area contributed by atoms with Gasteiger partial charge in [0.05, 0.1) is 5.52 Å². The minimum absolute atomic E-state index is 0.171. The highest BCUT2D eigenvalue weighted by atomic mass is 19.1. The molecule has 0 saturated heterocycles. The number of nitrogens with one attached hydrogen (secondary N) is 1. The molecule has 0 fully saturated rings. The van der Waals surface area contributed by atoms with Crippen molar-refractivity contribution in [3.8, 4) is 0 Å². The average Bonchev–Trinajstić information content (AvgIpc) is 3.02. The first-order valence-electron chi connectivity index (χ1n) is 6.68. The molecule has 0 radical (unpaired) electrons. The van der Waals surface area contributed by atoms with Crippen molar-refractivity contribution >= 4 is 10.9 Å². The highest BCUT2D eigenvalue weighted by molar-refractivity contribution is 5.85. The van der Waals surface area contributed by atoms with Crippen LogP contribution in [0.15, 0.2) is 48.7 Å². The van der Waals surface area contributed by atoms with Crippen LogP contribution in [0.25, 0.3) is 10.9 Å². The van der Waals surface area contributed by atoms with Crippen molar-refractivity contribution in [1.29, 1.82) is 0 Å². The Hall–Kier alpha value is -2.09. The first kappa shape index (κ1) is 10.8. The number of aryl methyl sites for hydroxylation is 1. The van der Waals surface area contributed by atoms with Crippen LogP contribution in [-0.2, 0) is 6.42 Å². The van der Waals surface area contributed by atoms with Crippen molar-refractivity contribution in [3.63, 3.8) is 0 Å². The third-order valence-corrected chi connectivity index (χ3v) is 4.20. The summed E-state index contributed by atoms with van der Waals surface area (Å²) in [7, 11) is 0. The second kappa shape index (κ2) is 3.95.